The van der Waals surface area contributed by atoms with Crippen molar-refractivity contribution in [1.29, 1.82) is 0 Å². The monoisotopic (exact) mass is 140 g/mol. The van der Waals surface area contributed by atoms with Crippen molar-refractivity contribution in [3.05, 3.63) is 0 Å². The number of hydrogen-bond acceptors (Lipinski definition) is 1. The molecule has 0 fully saturated rings. The predicted octanol–water partition coefficient (Wildman–Crippen LogP) is 1.81. The van der Waals surface area contributed by atoms with Crippen LogP contribution in [0.2, 0.25) is 0 Å². The summed E-state index contributed by atoms with van der Waals surface area (Å²) in [6.45, 7) is 2.38. The molecular weight excluding hydrogens is 124 g/mol. The Kier molecular flexibility index (Phi) is 6.32. The lowest BCUT2D eigenvalue weighted by atomic mass is 10.0. The Morgan fingerprint density at radius 3 is 2.70 bits per heavy atom. The van der Waals surface area contributed by atoms with Gasteiger partial charge < -0.3 is 5.11 Å². The second-order valence-electron chi connectivity index (χ2n) is 2.60. The second-order valence-corrected chi connectivity index (χ2v) is 2.60. The first-order chi connectivity index (χ1) is 4.85. The van der Waals surface area contributed by atoms with Crippen LogP contribution in [0.4, 0.5) is 0 Å². The lowest BCUT2D eigenvalue weighted by Crippen LogP contribution is -2.04. The highest BCUT2D eigenvalue weighted by molar-refractivity contribution is 4.86. The topological polar surface area (TPSA) is 20.2 Å². The van der Waals surface area contributed by atoms with Gasteiger partial charge in [0.2, 0.25) is 0 Å². The average molecular weight is 140 g/mol. The maximum atomic E-state index is 8.79. The minimum atomic E-state index is 0.240. The summed E-state index contributed by atoms with van der Waals surface area (Å²) in [6, 6.07) is 0. The van der Waals surface area contributed by atoms with Gasteiger partial charge >= 0.3 is 0 Å². The average Bonchev–Trinajstić information content (AvgIpc) is 1.98. The Labute approximate surface area is 63.5 Å². The van der Waals surface area contributed by atoms with Crippen LogP contribution in [0.1, 0.15) is 32.6 Å². The Morgan fingerprint density at radius 1 is 1.60 bits per heavy atom. The summed E-state index contributed by atoms with van der Waals surface area (Å²) in [6.07, 6.45) is 9.26. The van der Waals surface area contributed by atoms with Crippen LogP contribution in [0.3, 0.4) is 0 Å². The number of rotatable bonds is 5. The van der Waals surface area contributed by atoms with Crippen molar-refractivity contribution in [2.45, 2.75) is 32.6 Å². The third-order valence-electron chi connectivity index (χ3n) is 1.63. The molecule has 0 rings (SSSR count). The molecule has 10 heavy (non-hydrogen) atoms. The highest BCUT2D eigenvalue weighted by atomic mass is 16.3. The molecule has 58 valence electrons. The van der Waals surface area contributed by atoms with Gasteiger partial charge in [-0.1, -0.05) is 19.8 Å². The number of terminal acetylenes is 1. The van der Waals surface area contributed by atoms with E-state index in [-0.39, 0.29) is 6.61 Å². The first kappa shape index (κ1) is 9.52. The second kappa shape index (κ2) is 6.64. The molecule has 1 N–H and O–H groups in total. The Hall–Kier alpha value is -0.480. The van der Waals surface area contributed by atoms with Crippen molar-refractivity contribution in [3.63, 3.8) is 0 Å². The van der Waals surface area contributed by atoms with Gasteiger partial charge in [-0.15, -0.1) is 12.3 Å². The van der Waals surface area contributed by atoms with Crippen LogP contribution < -0.4 is 0 Å². The minimum absolute atomic E-state index is 0.240. The van der Waals surface area contributed by atoms with Gasteiger partial charge in [0.1, 0.15) is 0 Å². The molecule has 0 aromatic heterocycles. The van der Waals surface area contributed by atoms with Crippen LogP contribution in [0.25, 0.3) is 0 Å². The highest BCUT2D eigenvalue weighted by Crippen LogP contribution is 2.10. The van der Waals surface area contributed by atoms with Gasteiger partial charge in [0.15, 0.2) is 0 Å². The van der Waals surface area contributed by atoms with E-state index in [0.29, 0.717) is 5.92 Å². The zero-order valence-corrected chi connectivity index (χ0v) is 6.64. The highest BCUT2D eigenvalue weighted by Gasteiger charge is 2.03. The summed E-state index contributed by atoms with van der Waals surface area (Å²) in [5, 5.41) is 8.79. The van der Waals surface area contributed by atoms with E-state index >= 15 is 0 Å². The van der Waals surface area contributed by atoms with E-state index in [1.54, 1.807) is 0 Å². The summed E-state index contributed by atoms with van der Waals surface area (Å²) in [5.74, 6) is 2.91. The summed E-state index contributed by atoms with van der Waals surface area (Å²) in [5.41, 5.74) is 0. The first-order valence-corrected chi connectivity index (χ1v) is 3.89. The molecule has 0 amide bonds. The molecule has 0 unspecified atom stereocenters. The molecule has 0 aliphatic carbocycles. The molecule has 0 saturated heterocycles. The first-order valence-electron chi connectivity index (χ1n) is 3.89. The zero-order chi connectivity index (χ0) is 7.82. The summed E-state index contributed by atoms with van der Waals surface area (Å²) in [7, 11) is 0. The van der Waals surface area contributed by atoms with E-state index in [9.17, 15) is 0 Å². The maximum Gasteiger partial charge on any atom is 0.0468 e. The molecule has 0 aromatic rings. The predicted molar refractivity (Wildman–Crippen MR) is 43.6 cm³/mol. The van der Waals surface area contributed by atoms with Crippen molar-refractivity contribution in [1.82, 2.24) is 0 Å². The van der Waals surface area contributed by atoms with Crippen LogP contribution in [-0.4, -0.2) is 11.7 Å². The van der Waals surface area contributed by atoms with Gasteiger partial charge in [0.25, 0.3) is 0 Å². The van der Waals surface area contributed by atoms with Crippen LogP contribution in [0.5, 0.6) is 0 Å². The van der Waals surface area contributed by atoms with Gasteiger partial charge in [-0.05, 0) is 12.3 Å². The summed E-state index contributed by atoms with van der Waals surface area (Å²) >= 11 is 0. The molecule has 0 aromatic carbocycles. The Bertz CT molecular complexity index is 102. The van der Waals surface area contributed by atoms with Crippen molar-refractivity contribution in [3.8, 4) is 12.3 Å². The molecule has 1 atom stereocenters. The van der Waals surface area contributed by atoms with Gasteiger partial charge in [-0.25, -0.2) is 0 Å². The van der Waals surface area contributed by atoms with Crippen LogP contribution in [0, 0.1) is 18.3 Å². The van der Waals surface area contributed by atoms with Gasteiger partial charge in [0.05, 0.1) is 0 Å². The summed E-state index contributed by atoms with van der Waals surface area (Å²) < 4.78 is 0. The van der Waals surface area contributed by atoms with Crippen LogP contribution >= 0.6 is 0 Å². The molecule has 0 heterocycles. The molecule has 1 heteroatoms. The molecule has 0 aliphatic rings. The number of hydrogen-bond donors (Lipinski definition) is 1. The van der Waals surface area contributed by atoms with Gasteiger partial charge in [-0.2, -0.15) is 0 Å². The molecule has 0 saturated carbocycles. The fourth-order valence-corrected chi connectivity index (χ4v) is 0.917. The van der Waals surface area contributed by atoms with Gasteiger partial charge in [0, 0.05) is 13.0 Å². The van der Waals surface area contributed by atoms with Gasteiger partial charge in [-0.3, -0.25) is 0 Å². The van der Waals surface area contributed by atoms with Crippen molar-refractivity contribution < 1.29 is 5.11 Å². The molecule has 0 spiro atoms. The quantitative estimate of drug-likeness (QED) is 0.577. The van der Waals surface area contributed by atoms with E-state index < -0.39 is 0 Å². The third-order valence-corrected chi connectivity index (χ3v) is 1.63. The fourth-order valence-electron chi connectivity index (χ4n) is 0.917. The van der Waals surface area contributed by atoms with E-state index in [4.69, 9.17) is 11.5 Å². The standard InChI is InChI=1S/C9H16O/c1-3-5-7-9(8-10)6-4-2/h2,9-10H,3,5-8H2,1H3/t9-/m1/s1. The van der Waals surface area contributed by atoms with Crippen LogP contribution in [0.15, 0.2) is 0 Å². The van der Waals surface area contributed by atoms with Crippen molar-refractivity contribution in [2.75, 3.05) is 6.61 Å². The van der Waals surface area contributed by atoms with Crippen molar-refractivity contribution in [2.24, 2.45) is 5.92 Å². The maximum absolute atomic E-state index is 8.79. The number of aliphatic hydroxyl groups is 1. The molecule has 0 radical (unpaired) electrons. The minimum Gasteiger partial charge on any atom is -0.396 e. The van der Waals surface area contributed by atoms with E-state index in [0.717, 1.165) is 12.8 Å². The molecular formula is C9H16O. The largest absolute Gasteiger partial charge is 0.396 e. The number of unbranched alkanes of at least 4 members (excludes halogenated alkanes) is 1. The summed E-state index contributed by atoms with van der Waals surface area (Å²) in [4.78, 5) is 0. The Morgan fingerprint density at radius 2 is 2.30 bits per heavy atom. The van der Waals surface area contributed by atoms with E-state index in [1.165, 1.54) is 12.8 Å². The lowest BCUT2D eigenvalue weighted by molar-refractivity contribution is 0.219. The smallest absolute Gasteiger partial charge is 0.0468 e. The third kappa shape index (κ3) is 4.40. The lowest BCUT2D eigenvalue weighted by Gasteiger charge is -2.08. The molecule has 0 aliphatic heterocycles. The zero-order valence-electron chi connectivity index (χ0n) is 6.64. The molecule has 0 bridgehead atoms. The SMILES string of the molecule is C#CC[C@@H](CO)CCCC. The fraction of sp³-hybridized carbons (Fsp3) is 0.778. The van der Waals surface area contributed by atoms with Crippen molar-refractivity contribution >= 4 is 0 Å². The van der Waals surface area contributed by atoms with E-state index in [1.807, 2.05) is 0 Å². The van der Waals surface area contributed by atoms with Crippen LogP contribution in [-0.2, 0) is 0 Å². The number of aliphatic hydroxyl groups excluding tert-OH is 1. The molecule has 1 nitrogen and oxygen atoms in total. The normalized spacial score (nSPS) is 12.5. The Balaban J connectivity index is 3.32. The van der Waals surface area contributed by atoms with E-state index in [2.05, 4.69) is 12.8 Å².